The number of thiazole rings is 1. The zero-order valence-electron chi connectivity index (χ0n) is 15.1. The third-order valence-electron chi connectivity index (χ3n) is 4.90. The molecule has 1 aliphatic heterocycles. The van der Waals surface area contributed by atoms with Crippen molar-refractivity contribution in [3.8, 4) is 10.7 Å². The lowest BCUT2D eigenvalue weighted by Gasteiger charge is -2.31. The van der Waals surface area contributed by atoms with Crippen molar-refractivity contribution >= 4 is 38.8 Å². The monoisotopic (exact) mass is 410 g/mol. The maximum absolute atomic E-state index is 12.8. The molecule has 4 aromatic rings. The zero-order chi connectivity index (χ0) is 18.9. The van der Waals surface area contributed by atoms with Crippen molar-refractivity contribution in [2.75, 3.05) is 13.1 Å². The first-order valence-corrected chi connectivity index (χ1v) is 10.9. The maximum atomic E-state index is 12.8. The molecular formula is C19H18N6OS2. The first-order valence-electron chi connectivity index (χ1n) is 9.21. The van der Waals surface area contributed by atoms with E-state index >= 15 is 0 Å². The van der Waals surface area contributed by atoms with Crippen LogP contribution in [0, 0.1) is 0 Å². The van der Waals surface area contributed by atoms with Gasteiger partial charge in [-0.15, -0.1) is 32.9 Å². The number of carbonyl (C=O) groups is 1. The number of rotatable bonds is 4. The quantitative estimate of drug-likeness (QED) is 0.515. The van der Waals surface area contributed by atoms with E-state index in [2.05, 4.69) is 21.5 Å². The Morgan fingerprint density at radius 3 is 3.00 bits per heavy atom. The molecule has 4 heterocycles. The fraction of sp³-hybridized carbons (Fsp3) is 0.316. The number of likely N-dealkylation sites (tertiary alicyclic amines) is 1. The van der Waals surface area contributed by atoms with E-state index in [1.54, 1.807) is 22.7 Å². The van der Waals surface area contributed by atoms with Gasteiger partial charge in [0.1, 0.15) is 6.54 Å². The summed E-state index contributed by atoms with van der Waals surface area (Å²) < 4.78 is 1.20. The van der Waals surface area contributed by atoms with Gasteiger partial charge in [-0.1, -0.05) is 18.2 Å². The molecule has 28 heavy (non-hydrogen) atoms. The molecule has 0 unspecified atom stereocenters. The number of benzene rings is 1. The molecule has 1 fully saturated rings. The van der Waals surface area contributed by atoms with Crippen LogP contribution in [0.15, 0.2) is 41.8 Å². The molecule has 0 bridgehead atoms. The predicted molar refractivity (Wildman–Crippen MR) is 109 cm³/mol. The Hall–Kier alpha value is -2.65. The lowest BCUT2D eigenvalue weighted by atomic mass is 9.98. The van der Waals surface area contributed by atoms with E-state index in [-0.39, 0.29) is 12.5 Å². The normalized spacial score (nSPS) is 17.3. The van der Waals surface area contributed by atoms with Gasteiger partial charge in [0.25, 0.3) is 0 Å². The Kier molecular flexibility index (Phi) is 4.61. The molecule has 0 N–H and O–H groups in total. The number of fused-ring (bicyclic) bond motifs is 1. The Bertz CT molecular complexity index is 1070. The summed E-state index contributed by atoms with van der Waals surface area (Å²) in [5, 5.41) is 15.5. The number of carbonyl (C=O) groups excluding carboxylic acids is 1. The standard InChI is InChI=1S/C19H18N6OS2/c26-17(12-25-22-18(21-23-25)16-8-4-10-27-16)24-9-3-5-13(11-24)19-20-14-6-1-2-7-15(14)28-19/h1-2,4,6-8,10,13H,3,5,9,11-12H2/t13-/m0/s1. The van der Waals surface area contributed by atoms with E-state index in [1.165, 1.54) is 9.50 Å². The highest BCUT2D eigenvalue weighted by Crippen LogP contribution is 2.33. The van der Waals surface area contributed by atoms with Gasteiger partial charge in [0.05, 0.1) is 20.1 Å². The van der Waals surface area contributed by atoms with Gasteiger partial charge in [0.2, 0.25) is 11.7 Å². The highest BCUT2D eigenvalue weighted by molar-refractivity contribution is 7.18. The van der Waals surface area contributed by atoms with Gasteiger partial charge < -0.3 is 4.90 Å². The van der Waals surface area contributed by atoms with E-state index in [9.17, 15) is 4.79 Å². The van der Waals surface area contributed by atoms with Crippen LogP contribution in [0.25, 0.3) is 20.9 Å². The molecule has 1 atom stereocenters. The summed E-state index contributed by atoms with van der Waals surface area (Å²) in [5.74, 6) is 0.884. The summed E-state index contributed by atoms with van der Waals surface area (Å²) in [4.78, 5) is 21.8. The van der Waals surface area contributed by atoms with Crippen molar-refractivity contribution in [2.24, 2.45) is 0 Å². The molecule has 3 aromatic heterocycles. The average Bonchev–Trinajstić information content (AvgIpc) is 3.47. The summed E-state index contributed by atoms with van der Waals surface area (Å²) in [5.41, 5.74) is 1.04. The summed E-state index contributed by atoms with van der Waals surface area (Å²) in [6.07, 6.45) is 2.05. The fourth-order valence-electron chi connectivity index (χ4n) is 3.51. The van der Waals surface area contributed by atoms with E-state index in [1.807, 2.05) is 40.6 Å². The third kappa shape index (κ3) is 3.43. The second kappa shape index (κ2) is 7.40. The topological polar surface area (TPSA) is 76.8 Å². The molecule has 0 spiro atoms. The Balaban J connectivity index is 1.27. The van der Waals surface area contributed by atoms with Gasteiger partial charge in [0.15, 0.2) is 0 Å². The highest BCUT2D eigenvalue weighted by Gasteiger charge is 2.27. The number of para-hydroxylation sites is 1. The smallest absolute Gasteiger partial charge is 0.246 e. The van der Waals surface area contributed by atoms with E-state index < -0.39 is 0 Å². The molecule has 1 amide bonds. The van der Waals surface area contributed by atoms with Gasteiger partial charge in [0, 0.05) is 19.0 Å². The van der Waals surface area contributed by atoms with Crippen molar-refractivity contribution in [2.45, 2.75) is 25.3 Å². The number of hydrogen-bond acceptors (Lipinski definition) is 7. The highest BCUT2D eigenvalue weighted by atomic mass is 32.1. The molecule has 1 aromatic carbocycles. The number of hydrogen-bond donors (Lipinski definition) is 0. The second-order valence-corrected chi connectivity index (χ2v) is 8.83. The van der Waals surface area contributed by atoms with Gasteiger partial charge in [-0.05, 0) is 41.6 Å². The Morgan fingerprint density at radius 2 is 2.14 bits per heavy atom. The number of thiophene rings is 1. The fourth-order valence-corrected chi connectivity index (χ4v) is 5.25. The second-order valence-electron chi connectivity index (χ2n) is 6.82. The van der Waals surface area contributed by atoms with Crippen LogP contribution < -0.4 is 0 Å². The molecule has 0 aliphatic carbocycles. The van der Waals surface area contributed by atoms with Gasteiger partial charge in [-0.2, -0.15) is 4.80 Å². The molecule has 1 aliphatic rings. The van der Waals surface area contributed by atoms with Crippen LogP contribution in [-0.4, -0.2) is 49.1 Å². The van der Waals surface area contributed by atoms with Crippen molar-refractivity contribution in [1.82, 2.24) is 30.1 Å². The van der Waals surface area contributed by atoms with Crippen LogP contribution in [0.3, 0.4) is 0 Å². The molecule has 0 saturated carbocycles. The Labute approximate surface area is 169 Å². The predicted octanol–water partition coefficient (Wildman–Crippen LogP) is 3.42. The lowest BCUT2D eigenvalue weighted by molar-refractivity contribution is -0.133. The third-order valence-corrected chi connectivity index (χ3v) is 6.97. The number of piperidine rings is 1. The van der Waals surface area contributed by atoms with Gasteiger partial charge >= 0.3 is 0 Å². The summed E-state index contributed by atoms with van der Waals surface area (Å²) in [6, 6.07) is 12.1. The molecular weight excluding hydrogens is 392 g/mol. The van der Waals surface area contributed by atoms with E-state index in [0.717, 1.165) is 34.8 Å². The minimum atomic E-state index is 0.0286. The molecule has 5 rings (SSSR count). The summed E-state index contributed by atoms with van der Waals surface area (Å²) >= 11 is 3.29. The van der Waals surface area contributed by atoms with E-state index in [4.69, 9.17) is 4.98 Å². The molecule has 9 heteroatoms. The first-order chi connectivity index (χ1) is 13.8. The zero-order valence-corrected chi connectivity index (χ0v) is 16.7. The Morgan fingerprint density at radius 1 is 1.21 bits per heavy atom. The maximum Gasteiger partial charge on any atom is 0.246 e. The first kappa shape index (κ1) is 17.4. The van der Waals surface area contributed by atoms with Crippen molar-refractivity contribution < 1.29 is 4.79 Å². The number of amides is 1. The van der Waals surface area contributed by atoms with Crippen LogP contribution in [0.1, 0.15) is 23.8 Å². The van der Waals surface area contributed by atoms with Crippen molar-refractivity contribution in [3.05, 3.63) is 46.8 Å². The minimum absolute atomic E-state index is 0.0286. The number of nitrogens with zero attached hydrogens (tertiary/aromatic N) is 6. The molecule has 7 nitrogen and oxygen atoms in total. The van der Waals surface area contributed by atoms with Crippen LogP contribution in [0.5, 0.6) is 0 Å². The van der Waals surface area contributed by atoms with Crippen molar-refractivity contribution in [1.29, 1.82) is 0 Å². The number of tetrazole rings is 1. The van der Waals surface area contributed by atoms with Gasteiger partial charge in [-0.25, -0.2) is 4.98 Å². The van der Waals surface area contributed by atoms with Crippen LogP contribution in [-0.2, 0) is 11.3 Å². The van der Waals surface area contributed by atoms with Crippen LogP contribution in [0.4, 0.5) is 0 Å². The largest absolute Gasteiger partial charge is 0.340 e. The lowest BCUT2D eigenvalue weighted by Crippen LogP contribution is -2.41. The van der Waals surface area contributed by atoms with Gasteiger partial charge in [-0.3, -0.25) is 4.79 Å². The minimum Gasteiger partial charge on any atom is -0.340 e. The average molecular weight is 411 g/mol. The van der Waals surface area contributed by atoms with Crippen LogP contribution in [0.2, 0.25) is 0 Å². The van der Waals surface area contributed by atoms with Crippen LogP contribution >= 0.6 is 22.7 Å². The molecule has 0 radical (unpaired) electrons. The SMILES string of the molecule is O=C(Cn1nnc(-c2cccs2)n1)N1CCC[C@H](c2nc3ccccc3s2)C1. The number of aromatic nitrogens is 5. The van der Waals surface area contributed by atoms with E-state index in [0.29, 0.717) is 18.3 Å². The molecule has 1 saturated heterocycles. The summed E-state index contributed by atoms with van der Waals surface area (Å²) in [7, 11) is 0. The summed E-state index contributed by atoms with van der Waals surface area (Å²) in [6.45, 7) is 1.59. The molecule has 142 valence electrons. The van der Waals surface area contributed by atoms with Crippen molar-refractivity contribution in [3.63, 3.8) is 0 Å².